The largest absolute Gasteiger partial charge is 0.384 e. The van der Waals surface area contributed by atoms with Gasteiger partial charge in [-0.1, -0.05) is 13.8 Å². The fourth-order valence-corrected chi connectivity index (χ4v) is 2.05. The van der Waals surface area contributed by atoms with Crippen molar-refractivity contribution < 1.29 is 5.11 Å². The molecule has 2 nitrogen and oxygen atoms in total. The van der Waals surface area contributed by atoms with Gasteiger partial charge in [-0.2, -0.15) is 11.3 Å². The SMILES string of the molecule is CC(C)C(C)NCC(C)(O)c1ccsc1. The maximum atomic E-state index is 10.2. The molecule has 1 rings (SSSR count). The van der Waals surface area contributed by atoms with E-state index in [4.69, 9.17) is 0 Å². The van der Waals surface area contributed by atoms with Crippen LogP contribution in [0.3, 0.4) is 0 Å². The molecule has 0 bridgehead atoms. The highest BCUT2D eigenvalue weighted by Gasteiger charge is 2.24. The first-order chi connectivity index (χ1) is 6.93. The first-order valence-electron chi connectivity index (χ1n) is 5.42. The van der Waals surface area contributed by atoms with Crippen molar-refractivity contribution in [3.05, 3.63) is 22.4 Å². The predicted octanol–water partition coefficient (Wildman–Crippen LogP) is 2.59. The van der Waals surface area contributed by atoms with Crippen LogP contribution < -0.4 is 5.32 Å². The van der Waals surface area contributed by atoms with Crippen molar-refractivity contribution in [3.63, 3.8) is 0 Å². The lowest BCUT2D eigenvalue weighted by Gasteiger charge is -2.26. The Morgan fingerprint density at radius 2 is 2.13 bits per heavy atom. The minimum atomic E-state index is -0.761. The zero-order valence-electron chi connectivity index (χ0n) is 9.95. The van der Waals surface area contributed by atoms with Crippen LogP contribution in [0.2, 0.25) is 0 Å². The lowest BCUT2D eigenvalue weighted by Crippen LogP contribution is -2.41. The van der Waals surface area contributed by atoms with Crippen molar-refractivity contribution in [3.8, 4) is 0 Å². The molecule has 0 saturated carbocycles. The van der Waals surface area contributed by atoms with Crippen molar-refractivity contribution >= 4 is 11.3 Å². The molecule has 0 radical (unpaired) electrons. The molecule has 2 N–H and O–H groups in total. The van der Waals surface area contributed by atoms with E-state index in [0.717, 1.165) is 5.56 Å². The minimum Gasteiger partial charge on any atom is -0.384 e. The zero-order chi connectivity index (χ0) is 11.5. The highest BCUT2D eigenvalue weighted by molar-refractivity contribution is 7.08. The van der Waals surface area contributed by atoms with E-state index >= 15 is 0 Å². The number of rotatable bonds is 5. The molecule has 1 heterocycles. The second-order valence-corrected chi connectivity index (χ2v) is 5.48. The zero-order valence-corrected chi connectivity index (χ0v) is 10.8. The van der Waals surface area contributed by atoms with Gasteiger partial charge in [0, 0.05) is 12.6 Å². The first kappa shape index (κ1) is 12.7. The minimum absolute atomic E-state index is 0.426. The quantitative estimate of drug-likeness (QED) is 0.810. The van der Waals surface area contributed by atoms with Crippen molar-refractivity contribution in [2.24, 2.45) is 5.92 Å². The highest BCUT2D eigenvalue weighted by Crippen LogP contribution is 2.22. The molecule has 86 valence electrons. The third-order valence-corrected chi connectivity index (χ3v) is 3.59. The van der Waals surface area contributed by atoms with Crippen molar-refractivity contribution in [2.75, 3.05) is 6.54 Å². The maximum absolute atomic E-state index is 10.2. The van der Waals surface area contributed by atoms with Crippen LogP contribution in [-0.4, -0.2) is 17.7 Å². The summed E-state index contributed by atoms with van der Waals surface area (Å²) >= 11 is 1.62. The second kappa shape index (κ2) is 5.10. The summed E-state index contributed by atoms with van der Waals surface area (Å²) in [4.78, 5) is 0. The first-order valence-corrected chi connectivity index (χ1v) is 6.36. The van der Waals surface area contributed by atoms with Gasteiger partial charge in [0.25, 0.3) is 0 Å². The van der Waals surface area contributed by atoms with E-state index in [-0.39, 0.29) is 0 Å². The van der Waals surface area contributed by atoms with Gasteiger partial charge in [0.1, 0.15) is 0 Å². The van der Waals surface area contributed by atoms with E-state index in [1.54, 1.807) is 11.3 Å². The van der Waals surface area contributed by atoms with Gasteiger partial charge in [-0.25, -0.2) is 0 Å². The van der Waals surface area contributed by atoms with Gasteiger partial charge < -0.3 is 10.4 Å². The standard InChI is InChI=1S/C12H21NOS/c1-9(2)10(3)13-8-12(4,14)11-5-6-15-7-11/h5-7,9-10,13-14H,8H2,1-4H3. The van der Waals surface area contributed by atoms with Gasteiger partial charge in [-0.3, -0.25) is 0 Å². The number of hydrogen-bond acceptors (Lipinski definition) is 3. The lowest BCUT2D eigenvalue weighted by molar-refractivity contribution is 0.0532. The molecule has 0 aliphatic carbocycles. The molecule has 2 atom stereocenters. The average Bonchev–Trinajstić information content (AvgIpc) is 2.67. The third-order valence-electron chi connectivity index (χ3n) is 2.91. The number of thiophene rings is 1. The summed E-state index contributed by atoms with van der Waals surface area (Å²) < 4.78 is 0. The maximum Gasteiger partial charge on any atom is 0.1000 e. The molecule has 0 aliphatic rings. The van der Waals surface area contributed by atoms with Crippen molar-refractivity contribution in [1.29, 1.82) is 0 Å². The van der Waals surface area contributed by atoms with E-state index < -0.39 is 5.60 Å². The average molecular weight is 227 g/mol. The fourth-order valence-electron chi connectivity index (χ4n) is 1.27. The molecule has 0 aromatic carbocycles. The van der Waals surface area contributed by atoms with E-state index in [9.17, 15) is 5.11 Å². The Morgan fingerprint density at radius 1 is 1.47 bits per heavy atom. The smallest absolute Gasteiger partial charge is 0.1000 e. The third kappa shape index (κ3) is 3.59. The summed E-state index contributed by atoms with van der Waals surface area (Å²) in [6.45, 7) is 8.96. The molecule has 0 spiro atoms. The Bertz CT molecular complexity index is 280. The number of hydrogen-bond donors (Lipinski definition) is 2. The molecule has 0 amide bonds. The molecule has 1 aromatic rings. The van der Waals surface area contributed by atoms with Gasteiger partial charge in [-0.15, -0.1) is 0 Å². The van der Waals surface area contributed by atoms with Gasteiger partial charge in [0.2, 0.25) is 0 Å². The van der Waals surface area contributed by atoms with Gasteiger partial charge in [-0.05, 0) is 42.2 Å². The van der Waals surface area contributed by atoms with E-state index in [0.29, 0.717) is 18.5 Å². The monoisotopic (exact) mass is 227 g/mol. The Balaban J connectivity index is 2.51. The Morgan fingerprint density at radius 3 is 2.60 bits per heavy atom. The van der Waals surface area contributed by atoms with E-state index in [2.05, 4.69) is 26.1 Å². The normalized spacial score (nSPS) is 17.7. The molecule has 0 fully saturated rings. The van der Waals surface area contributed by atoms with Crippen LogP contribution in [0.4, 0.5) is 0 Å². The van der Waals surface area contributed by atoms with E-state index in [1.165, 1.54) is 0 Å². The topological polar surface area (TPSA) is 32.3 Å². The molecule has 0 saturated heterocycles. The number of nitrogens with one attached hydrogen (secondary N) is 1. The molecule has 3 heteroatoms. The summed E-state index contributed by atoms with van der Waals surface area (Å²) in [5, 5.41) is 17.6. The Kier molecular flexibility index (Phi) is 4.32. The molecule has 15 heavy (non-hydrogen) atoms. The van der Waals surface area contributed by atoms with Crippen LogP contribution in [0, 0.1) is 5.92 Å². The lowest BCUT2D eigenvalue weighted by atomic mass is 9.98. The van der Waals surface area contributed by atoms with Crippen LogP contribution >= 0.6 is 11.3 Å². The summed E-state index contributed by atoms with van der Waals surface area (Å²) in [5.74, 6) is 0.586. The van der Waals surface area contributed by atoms with Crippen LogP contribution in [0.15, 0.2) is 16.8 Å². The van der Waals surface area contributed by atoms with Crippen LogP contribution in [-0.2, 0) is 5.60 Å². The van der Waals surface area contributed by atoms with Gasteiger partial charge in [0.05, 0.1) is 5.60 Å². The molecular formula is C12H21NOS. The van der Waals surface area contributed by atoms with E-state index in [1.807, 2.05) is 23.8 Å². The van der Waals surface area contributed by atoms with Crippen LogP contribution in [0.25, 0.3) is 0 Å². The van der Waals surface area contributed by atoms with Crippen LogP contribution in [0.5, 0.6) is 0 Å². The summed E-state index contributed by atoms with van der Waals surface area (Å²) in [7, 11) is 0. The molecule has 2 unspecified atom stereocenters. The van der Waals surface area contributed by atoms with Gasteiger partial charge in [0.15, 0.2) is 0 Å². The van der Waals surface area contributed by atoms with Crippen molar-refractivity contribution in [1.82, 2.24) is 5.32 Å². The molecule has 0 aliphatic heterocycles. The summed E-state index contributed by atoms with van der Waals surface area (Å²) in [5.41, 5.74) is 0.235. The highest BCUT2D eigenvalue weighted by atomic mass is 32.1. The Labute approximate surface area is 96.3 Å². The predicted molar refractivity (Wildman–Crippen MR) is 66.2 cm³/mol. The number of aliphatic hydroxyl groups is 1. The van der Waals surface area contributed by atoms with Crippen LogP contribution in [0.1, 0.15) is 33.3 Å². The summed E-state index contributed by atoms with van der Waals surface area (Å²) in [6, 6.07) is 2.40. The summed E-state index contributed by atoms with van der Waals surface area (Å²) in [6.07, 6.45) is 0. The Hall–Kier alpha value is -0.380. The fraction of sp³-hybridized carbons (Fsp3) is 0.667. The van der Waals surface area contributed by atoms with Crippen molar-refractivity contribution in [2.45, 2.75) is 39.3 Å². The molecular weight excluding hydrogens is 206 g/mol. The second-order valence-electron chi connectivity index (χ2n) is 4.70. The molecule has 1 aromatic heterocycles. The van der Waals surface area contributed by atoms with Gasteiger partial charge >= 0.3 is 0 Å².